The highest BCUT2D eigenvalue weighted by Gasteiger charge is 2.29. The molecule has 0 saturated heterocycles. The van der Waals surface area contributed by atoms with Crippen molar-refractivity contribution in [2.45, 2.75) is 38.3 Å². The lowest BCUT2D eigenvalue weighted by atomic mass is 10.1. The van der Waals surface area contributed by atoms with Gasteiger partial charge in [0, 0.05) is 25.2 Å². The summed E-state index contributed by atoms with van der Waals surface area (Å²) in [5.41, 5.74) is 6.85. The van der Waals surface area contributed by atoms with Crippen LogP contribution in [-0.4, -0.2) is 43.7 Å². The molecule has 5 heteroatoms. The SMILES string of the molecule is COc1ccc(CC(C)N)c(OCC(=O)N(C)C2CC2)c1. The van der Waals surface area contributed by atoms with Gasteiger partial charge in [-0.15, -0.1) is 0 Å². The lowest BCUT2D eigenvalue weighted by molar-refractivity contribution is -0.132. The highest BCUT2D eigenvalue weighted by molar-refractivity contribution is 5.78. The highest BCUT2D eigenvalue weighted by Crippen LogP contribution is 2.27. The number of nitrogens with zero attached hydrogens (tertiary/aromatic N) is 1. The van der Waals surface area contributed by atoms with Crippen LogP contribution >= 0.6 is 0 Å². The summed E-state index contributed by atoms with van der Waals surface area (Å²) in [5.74, 6) is 1.39. The smallest absolute Gasteiger partial charge is 0.260 e. The Hall–Kier alpha value is -1.75. The van der Waals surface area contributed by atoms with Gasteiger partial charge in [0.15, 0.2) is 6.61 Å². The Kier molecular flexibility index (Phi) is 5.07. The van der Waals surface area contributed by atoms with Crippen LogP contribution in [0, 0.1) is 0 Å². The third-order valence-corrected chi connectivity index (χ3v) is 3.66. The van der Waals surface area contributed by atoms with Crippen LogP contribution in [0.5, 0.6) is 11.5 Å². The van der Waals surface area contributed by atoms with E-state index >= 15 is 0 Å². The van der Waals surface area contributed by atoms with Crippen molar-refractivity contribution in [2.75, 3.05) is 20.8 Å². The van der Waals surface area contributed by atoms with Crippen molar-refractivity contribution < 1.29 is 14.3 Å². The van der Waals surface area contributed by atoms with Gasteiger partial charge in [-0.1, -0.05) is 6.07 Å². The van der Waals surface area contributed by atoms with Crippen molar-refractivity contribution in [3.8, 4) is 11.5 Å². The minimum absolute atomic E-state index is 0.00654. The second-order valence-corrected chi connectivity index (χ2v) is 5.68. The molecule has 0 heterocycles. The Labute approximate surface area is 126 Å². The molecule has 0 radical (unpaired) electrons. The molecule has 0 bridgehead atoms. The molecular weight excluding hydrogens is 268 g/mol. The Balaban J connectivity index is 2.03. The van der Waals surface area contributed by atoms with E-state index in [1.54, 1.807) is 12.0 Å². The normalized spacial score (nSPS) is 15.4. The highest BCUT2D eigenvalue weighted by atomic mass is 16.5. The van der Waals surface area contributed by atoms with Crippen LogP contribution in [0.15, 0.2) is 18.2 Å². The fraction of sp³-hybridized carbons (Fsp3) is 0.562. The number of benzene rings is 1. The summed E-state index contributed by atoms with van der Waals surface area (Å²) in [6.07, 6.45) is 2.89. The van der Waals surface area contributed by atoms with Gasteiger partial charge in [-0.25, -0.2) is 0 Å². The Bertz CT molecular complexity index is 498. The van der Waals surface area contributed by atoms with Gasteiger partial charge < -0.3 is 20.1 Å². The molecule has 2 N–H and O–H groups in total. The topological polar surface area (TPSA) is 64.8 Å². The van der Waals surface area contributed by atoms with Crippen molar-refractivity contribution in [1.82, 2.24) is 4.90 Å². The maximum absolute atomic E-state index is 12.0. The van der Waals surface area contributed by atoms with Crippen LogP contribution in [0.2, 0.25) is 0 Å². The van der Waals surface area contributed by atoms with E-state index in [0.29, 0.717) is 24.0 Å². The Morgan fingerprint density at radius 2 is 2.19 bits per heavy atom. The molecule has 0 spiro atoms. The molecular formula is C16H24N2O3. The molecule has 1 unspecified atom stereocenters. The summed E-state index contributed by atoms with van der Waals surface area (Å²) >= 11 is 0. The van der Waals surface area contributed by atoms with Gasteiger partial charge in [0.1, 0.15) is 11.5 Å². The minimum atomic E-state index is 0.00654. The molecule has 1 aromatic carbocycles. The molecule has 0 aromatic heterocycles. The first kappa shape index (κ1) is 15.6. The van der Waals surface area contributed by atoms with E-state index in [0.717, 1.165) is 18.4 Å². The molecule has 116 valence electrons. The van der Waals surface area contributed by atoms with E-state index in [1.807, 2.05) is 32.2 Å². The van der Waals surface area contributed by atoms with Crippen LogP contribution in [0.25, 0.3) is 0 Å². The molecule has 1 aliphatic rings. The maximum atomic E-state index is 12.0. The summed E-state index contributed by atoms with van der Waals surface area (Å²) in [4.78, 5) is 13.8. The van der Waals surface area contributed by atoms with Gasteiger partial charge in [-0.05, 0) is 37.8 Å². The van der Waals surface area contributed by atoms with E-state index in [-0.39, 0.29) is 18.6 Å². The third kappa shape index (κ3) is 4.36. The molecule has 1 aromatic rings. The lowest BCUT2D eigenvalue weighted by Crippen LogP contribution is -2.33. The predicted molar refractivity (Wildman–Crippen MR) is 81.6 cm³/mol. The minimum Gasteiger partial charge on any atom is -0.497 e. The quantitative estimate of drug-likeness (QED) is 0.829. The Morgan fingerprint density at radius 1 is 1.48 bits per heavy atom. The first-order valence-electron chi connectivity index (χ1n) is 7.32. The third-order valence-electron chi connectivity index (χ3n) is 3.66. The van der Waals surface area contributed by atoms with Crippen LogP contribution < -0.4 is 15.2 Å². The van der Waals surface area contributed by atoms with Crippen LogP contribution in [0.1, 0.15) is 25.3 Å². The number of nitrogens with two attached hydrogens (primary N) is 1. The molecule has 21 heavy (non-hydrogen) atoms. The predicted octanol–water partition coefficient (Wildman–Crippen LogP) is 1.58. The van der Waals surface area contributed by atoms with E-state index in [9.17, 15) is 4.79 Å². The standard InChI is InChI=1S/C16H24N2O3/c1-11(17)8-12-4-7-14(20-3)9-15(12)21-10-16(19)18(2)13-5-6-13/h4,7,9,11,13H,5-6,8,10,17H2,1-3H3. The van der Waals surface area contributed by atoms with Crippen LogP contribution in [0.4, 0.5) is 0 Å². The largest absolute Gasteiger partial charge is 0.497 e. The summed E-state index contributed by atoms with van der Waals surface area (Å²) in [7, 11) is 3.44. The molecule has 1 atom stereocenters. The molecule has 2 rings (SSSR count). The van der Waals surface area contributed by atoms with Gasteiger partial charge in [0.05, 0.1) is 7.11 Å². The van der Waals surface area contributed by atoms with Crippen molar-refractivity contribution >= 4 is 5.91 Å². The number of hydrogen-bond donors (Lipinski definition) is 1. The van der Waals surface area contributed by atoms with Crippen molar-refractivity contribution in [2.24, 2.45) is 5.73 Å². The number of rotatable bonds is 7. The summed E-state index contributed by atoms with van der Waals surface area (Å²) in [5, 5.41) is 0. The monoisotopic (exact) mass is 292 g/mol. The molecule has 1 fully saturated rings. The summed E-state index contributed by atoms with van der Waals surface area (Å²) in [6, 6.07) is 6.05. The zero-order valence-corrected chi connectivity index (χ0v) is 13.0. The van der Waals surface area contributed by atoms with Gasteiger partial charge >= 0.3 is 0 Å². The van der Waals surface area contributed by atoms with Crippen molar-refractivity contribution in [1.29, 1.82) is 0 Å². The first-order chi connectivity index (χ1) is 10.0. The summed E-state index contributed by atoms with van der Waals surface area (Å²) < 4.78 is 10.9. The van der Waals surface area contributed by atoms with Crippen molar-refractivity contribution in [3.05, 3.63) is 23.8 Å². The number of hydrogen-bond acceptors (Lipinski definition) is 4. The second kappa shape index (κ2) is 6.80. The van der Waals surface area contributed by atoms with E-state index in [2.05, 4.69) is 0 Å². The fourth-order valence-corrected chi connectivity index (χ4v) is 2.22. The zero-order valence-electron chi connectivity index (χ0n) is 13.0. The maximum Gasteiger partial charge on any atom is 0.260 e. The lowest BCUT2D eigenvalue weighted by Gasteiger charge is -2.18. The molecule has 1 amide bonds. The number of amides is 1. The molecule has 1 saturated carbocycles. The van der Waals surface area contributed by atoms with Crippen LogP contribution in [-0.2, 0) is 11.2 Å². The number of carbonyl (C=O) groups is 1. The van der Waals surface area contributed by atoms with Gasteiger partial charge in [0.25, 0.3) is 5.91 Å². The first-order valence-corrected chi connectivity index (χ1v) is 7.32. The van der Waals surface area contributed by atoms with Crippen LogP contribution in [0.3, 0.4) is 0 Å². The summed E-state index contributed by atoms with van der Waals surface area (Å²) in [6.45, 7) is 1.99. The number of methoxy groups -OCH3 is 1. The van der Waals surface area contributed by atoms with Crippen molar-refractivity contribution in [3.63, 3.8) is 0 Å². The van der Waals surface area contributed by atoms with E-state index in [1.165, 1.54) is 0 Å². The van der Waals surface area contributed by atoms with E-state index < -0.39 is 0 Å². The van der Waals surface area contributed by atoms with E-state index in [4.69, 9.17) is 15.2 Å². The van der Waals surface area contributed by atoms with Gasteiger partial charge in [-0.2, -0.15) is 0 Å². The second-order valence-electron chi connectivity index (χ2n) is 5.68. The average Bonchev–Trinajstić information content (AvgIpc) is 3.29. The molecule has 5 nitrogen and oxygen atoms in total. The average molecular weight is 292 g/mol. The Morgan fingerprint density at radius 3 is 2.76 bits per heavy atom. The molecule has 0 aliphatic heterocycles. The zero-order chi connectivity index (χ0) is 15.4. The number of ether oxygens (including phenoxy) is 2. The van der Waals surface area contributed by atoms with Gasteiger partial charge in [-0.3, -0.25) is 4.79 Å². The number of carbonyl (C=O) groups excluding carboxylic acids is 1. The fourth-order valence-electron chi connectivity index (χ4n) is 2.22. The number of likely N-dealkylation sites (N-methyl/N-ethyl adjacent to an activating group) is 1. The van der Waals surface area contributed by atoms with Gasteiger partial charge in [0.2, 0.25) is 0 Å². The molecule has 1 aliphatic carbocycles.